The van der Waals surface area contributed by atoms with Gasteiger partial charge in [0.25, 0.3) is 0 Å². The molecule has 0 heterocycles. The summed E-state index contributed by atoms with van der Waals surface area (Å²) in [6.07, 6.45) is -6.16. The first-order valence-electron chi connectivity index (χ1n) is 4.14. The van der Waals surface area contributed by atoms with Gasteiger partial charge in [-0.2, -0.15) is 27.2 Å². The maximum Gasteiger partial charge on any atom is 0.461 e. The SMILES string of the molecule is CCOC(=O)C(C#N)C(=O)C(F)(F)C(F)(F)F. The molecule has 9 heteroatoms. The average Bonchev–Trinajstić information content (AvgIpc) is 2.17. The zero-order chi connectivity index (χ0) is 13.9. The van der Waals surface area contributed by atoms with Crippen molar-refractivity contribution < 1.29 is 36.3 Å². The van der Waals surface area contributed by atoms with Gasteiger partial charge in [0.2, 0.25) is 11.7 Å². The van der Waals surface area contributed by atoms with Crippen molar-refractivity contribution in [3.8, 4) is 6.07 Å². The van der Waals surface area contributed by atoms with E-state index in [0.717, 1.165) is 6.07 Å². The summed E-state index contributed by atoms with van der Waals surface area (Å²) in [6, 6.07) is 0.761. The highest BCUT2D eigenvalue weighted by atomic mass is 19.4. The van der Waals surface area contributed by atoms with E-state index in [2.05, 4.69) is 4.74 Å². The Labute approximate surface area is 92.0 Å². The molecule has 96 valence electrons. The molecular formula is C8H6F5NO3. The van der Waals surface area contributed by atoms with Crippen molar-refractivity contribution in [1.29, 1.82) is 5.26 Å². The molecule has 0 amide bonds. The van der Waals surface area contributed by atoms with Crippen molar-refractivity contribution in [3.63, 3.8) is 0 Å². The number of halogens is 5. The normalized spacial score (nSPS) is 13.7. The Morgan fingerprint density at radius 3 is 2.06 bits per heavy atom. The minimum atomic E-state index is -6.16. The Morgan fingerprint density at radius 1 is 1.29 bits per heavy atom. The van der Waals surface area contributed by atoms with Crippen LogP contribution in [0.25, 0.3) is 0 Å². The number of rotatable bonds is 4. The van der Waals surface area contributed by atoms with Gasteiger partial charge < -0.3 is 4.74 Å². The van der Waals surface area contributed by atoms with Gasteiger partial charge >= 0.3 is 18.1 Å². The van der Waals surface area contributed by atoms with Crippen LogP contribution in [0.1, 0.15) is 6.92 Å². The molecule has 0 aliphatic carbocycles. The summed E-state index contributed by atoms with van der Waals surface area (Å²) >= 11 is 0. The number of ketones is 1. The monoisotopic (exact) mass is 259 g/mol. The van der Waals surface area contributed by atoms with Crippen LogP contribution in [0.2, 0.25) is 0 Å². The summed E-state index contributed by atoms with van der Waals surface area (Å²) in [5, 5.41) is 8.25. The zero-order valence-corrected chi connectivity index (χ0v) is 8.35. The third-order valence-electron chi connectivity index (χ3n) is 1.58. The number of nitrogens with zero attached hydrogens (tertiary/aromatic N) is 1. The summed E-state index contributed by atoms with van der Waals surface area (Å²) in [7, 11) is 0. The molecule has 0 fully saturated rings. The summed E-state index contributed by atoms with van der Waals surface area (Å²) in [4.78, 5) is 21.6. The van der Waals surface area contributed by atoms with Gasteiger partial charge in [-0.15, -0.1) is 0 Å². The van der Waals surface area contributed by atoms with Crippen molar-refractivity contribution in [2.75, 3.05) is 6.61 Å². The first kappa shape index (κ1) is 15.3. The lowest BCUT2D eigenvalue weighted by atomic mass is 10.0. The molecule has 0 aliphatic rings. The fraction of sp³-hybridized carbons (Fsp3) is 0.625. The maximum absolute atomic E-state index is 12.5. The molecule has 17 heavy (non-hydrogen) atoms. The molecule has 0 rings (SSSR count). The first-order chi connectivity index (χ1) is 7.59. The van der Waals surface area contributed by atoms with Crippen LogP contribution in [0.4, 0.5) is 22.0 Å². The van der Waals surface area contributed by atoms with Gasteiger partial charge in [-0.25, -0.2) is 0 Å². The van der Waals surface area contributed by atoms with Crippen LogP contribution in [-0.4, -0.2) is 30.5 Å². The Balaban J connectivity index is 5.16. The molecule has 0 aromatic heterocycles. The second-order valence-electron chi connectivity index (χ2n) is 2.75. The van der Waals surface area contributed by atoms with Gasteiger partial charge in [0, 0.05) is 0 Å². The van der Waals surface area contributed by atoms with Crippen molar-refractivity contribution in [3.05, 3.63) is 0 Å². The smallest absolute Gasteiger partial charge is 0.461 e. The van der Waals surface area contributed by atoms with E-state index in [1.807, 2.05) is 0 Å². The van der Waals surface area contributed by atoms with Gasteiger partial charge in [-0.05, 0) is 6.92 Å². The lowest BCUT2D eigenvalue weighted by Gasteiger charge is -2.19. The molecule has 0 saturated carbocycles. The minimum absolute atomic E-state index is 0.359. The van der Waals surface area contributed by atoms with Crippen molar-refractivity contribution in [1.82, 2.24) is 0 Å². The highest BCUT2D eigenvalue weighted by Crippen LogP contribution is 2.37. The molecule has 0 radical (unpaired) electrons. The molecule has 4 nitrogen and oxygen atoms in total. The molecular weight excluding hydrogens is 253 g/mol. The largest absolute Gasteiger partial charge is 0.465 e. The number of carbonyl (C=O) groups is 2. The van der Waals surface area contributed by atoms with Crippen LogP contribution >= 0.6 is 0 Å². The predicted molar refractivity (Wildman–Crippen MR) is 41.7 cm³/mol. The van der Waals surface area contributed by atoms with E-state index in [1.165, 1.54) is 6.92 Å². The Morgan fingerprint density at radius 2 is 1.76 bits per heavy atom. The molecule has 0 saturated heterocycles. The first-order valence-corrected chi connectivity index (χ1v) is 4.14. The van der Waals surface area contributed by atoms with E-state index >= 15 is 0 Å². The van der Waals surface area contributed by atoms with E-state index in [4.69, 9.17) is 5.26 Å². The van der Waals surface area contributed by atoms with Gasteiger partial charge in [0.15, 0.2) is 0 Å². The fourth-order valence-corrected chi connectivity index (χ4v) is 0.765. The van der Waals surface area contributed by atoms with Crippen LogP contribution in [-0.2, 0) is 14.3 Å². The topological polar surface area (TPSA) is 67.2 Å². The standard InChI is InChI=1S/C8H6F5NO3/c1-2-17-6(16)4(3-14)5(15)7(9,10)8(11,12)13/h4H,2H2,1H3. The summed E-state index contributed by atoms with van der Waals surface area (Å²) in [5.41, 5.74) is 0. The number of hydrogen-bond acceptors (Lipinski definition) is 4. The molecule has 0 aromatic carbocycles. The number of Topliss-reactive ketones (excluding diaryl/α,β-unsaturated/α-hetero) is 1. The van der Waals surface area contributed by atoms with Crippen molar-refractivity contribution in [2.45, 2.75) is 19.0 Å². The quantitative estimate of drug-likeness (QED) is 0.435. The van der Waals surface area contributed by atoms with Crippen molar-refractivity contribution >= 4 is 11.8 Å². The number of esters is 1. The number of nitriles is 1. The highest BCUT2D eigenvalue weighted by molar-refractivity contribution is 6.05. The molecule has 0 aromatic rings. The Kier molecular flexibility index (Phi) is 4.56. The summed E-state index contributed by atoms with van der Waals surface area (Å²) < 4.78 is 64.5. The molecule has 0 bridgehead atoms. The van der Waals surface area contributed by atoms with Crippen LogP contribution in [0.3, 0.4) is 0 Å². The van der Waals surface area contributed by atoms with Crippen LogP contribution in [0.15, 0.2) is 0 Å². The van der Waals surface area contributed by atoms with E-state index in [9.17, 15) is 31.5 Å². The van der Waals surface area contributed by atoms with Gasteiger partial charge in [-0.1, -0.05) is 0 Å². The predicted octanol–water partition coefficient (Wildman–Crippen LogP) is 1.46. The molecule has 0 aliphatic heterocycles. The molecule has 1 atom stereocenters. The minimum Gasteiger partial charge on any atom is -0.465 e. The number of hydrogen-bond donors (Lipinski definition) is 0. The average molecular weight is 259 g/mol. The molecule has 0 N–H and O–H groups in total. The second-order valence-corrected chi connectivity index (χ2v) is 2.75. The summed E-state index contributed by atoms with van der Waals surface area (Å²) in [5.74, 6) is -13.1. The third kappa shape index (κ3) is 3.12. The summed E-state index contributed by atoms with van der Waals surface area (Å²) in [6.45, 7) is 0.876. The zero-order valence-electron chi connectivity index (χ0n) is 8.35. The lowest BCUT2D eigenvalue weighted by Crippen LogP contribution is -2.48. The van der Waals surface area contributed by atoms with E-state index in [-0.39, 0.29) is 6.61 Å². The third-order valence-corrected chi connectivity index (χ3v) is 1.58. The number of ether oxygens (including phenoxy) is 1. The van der Waals surface area contributed by atoms with Crippen LogP contribution in [0.5, 0.6) is 0 Å². The Bertz CT molecular complexity index is 357. The number of carbonyl (C=O) groups excluding carboxylic acids is 2. The van der Waals surface area contributed by atoms with Gasteiger partial charge in [0.05, 0.1) is 12.7 Å². The molecule has 1 unspecified atom stereocenters. The second kappa shape index (κ2) is 5.07. The van der Waals surface area contributed by atoms with E-state index < -0.39 is 29.8 Å². The lowest BCUT2D eigenvalue weighted by molar-refractivity contribution is -0.269. The van der Waals surface area contributed by atoms with Gasteiger partial charge in [0.1, 0.15) is 0 Å². The Hall–Kier alpha value is -1.72. The van der Waals surface area contributed by atoms with Crippen LogP contribution < -0.4 is 0 Å². The van der Waals surface area contributed by atoms with Crippen molar-refractivity contribution in [2.24, 2.45) is 5.92 Å². The van der Waals surface area contributed by atoms with Gasteiger partial charge in [-0.3, -0.25) is 9.59 Å². The highest BCUT2D eigenvalue weighted by Gasteiger charge is 2.65. The number of alkyl halides is 5. The van der Waals surface area contributed by atoms with E-state index in [0.29, 0.717) is 0 Å². The fourth-order valence-electron chi connectivity index (χ4n) is 0.765. The van der Waals surface area contributed by atoms with E-state index in [1.54, 1.807) is 0 Å². The maximum atomic E-state index is 12.5. The molecule has 0 spiro atoms. The van der Waals surface area contributed by atoms with Crippen LogP contribution in [0, 0.1) is 17.2 Å².